The predicted molar refractivity (Wildman–Crippen MR) is 87.6 cm³/mol. The lowest BCUT2D eigenvalue weighted by Crippen LogP contribution is -2.38. The molecule has 2 rings (SSSR count). The Morgan fingerprint density at radius 2 is 2.00 bits per heavy atom. The van der Waals surface area contributed by atoms with Crippen molar-refractivity contribution in [3.8, 4) is 5.75 Å². The van der Waals surface area contributed by atoms with Crippen LogP contribution in [0.3, 0.4) is 0 Å². The van der Waals surface area contributed by atoms with E-state index in [1.54, 1.807) is 18.9 Å². The van der Waals surface area contributed by atoms with Gasteiger partial charge in [-0.25, -0.2) is 0 Å². The third-order valence-electron chi connectivity index (χ3n) is 3.55. The second-order valence-electron chi connectivity index (χ2n) is 5.54. The van der Waals surface area contributed by atoms with Crippen LogP contribution in [0.1, 0.15) is 31.7 Å². The summed E-state index contributed by atoms with van der Waals surface area (Å²) in [4.78, 5) is 14.3. The minimum atomic E-state index is 0.0242. The van der Waals surface area contributed by atoms with Gasteiger partial charge in [0, 0.05) is 19.1 Å². The zero-order valence-corrected chi connectivity index (χ0v) is 13.9. The molecule has 0 aliphatic carbocycles. The fourth-order valence-corrected chi connectivity index (χ4v) is 3.71. The molecule has 1 fully saturated rings. The van der Waals surface area contributed by atoms with Gasteiger partial charge < -0.3 is 15.0 Å². The Hall–Kier alpha value is -1.20. The molecule has 0 aromatic heterocycles. The number of hydrogen-bond acceptors (Lipinski definition) is 4. The standard InChI is InChI=1S/C16H24N2O2S/c1-11(2)17-9-10-18-15(19)12(3)21-16(18)13-5-7-14(20-4)8-6-13/h5-8,11-12,16-17H,9-10H2,1-4H3/t12-,16+/m0/s1. The SMILES string of the molecule is COc1ccc([C@H]2S[C@@H](C)C(=O)N2CCNC(C)C)cc1. The Morgan fingerprint density at radius 3 is 2.57 bits per heavy atom. The van der Waals surface area contributed by atoms with Crippen LogP contribution in [0.2, 0.25) is 0 Å². The number of ether oxygens (including phenoxy) is 1. The number of amides is 1. The van der Waals surface area contributed by atoms with Crippen molar-refractivity contribution >= 4 is 17.7 Å². The molecule has 1 heterocycles. The van der Waals surface area contributed by atoms with Crippen LogP contribution in [0.15, 0.2) is 24.3 Å². The van der Waals surface area contributed by atoms with Crippen LogP contribution >= 0.6 is 11.8 Å². The molecule has 1 amide bonds. The van der Waals surface area contributed by atoms with E-state index >= 15 is 0 Å². The van der Waals surface area contributed by atoms with Crippen LogP contribution in [0, 0.1) is 0 Å². The summed E-state index contributed by atoms with van der Waals surface area (Å²) < 4.78 is 5.19. The fourth-order valence-electron chi connectivity index (χ4n) is 2.40. The average molecular weight is 308 g/mol. The minimum Gasteiger partial charge on any atom is -0.497 e. The lowest BCUT2D eigenvalue weighted by atomic mass is 10.2. The normalized spacial score (nSPS) is 22.1. The van der Waals surface area contributed by atoms with Crippen LogP contribution < -0.4 is 10.1 Å². The van der Waals surface area contributed by atoms with Gasteiger partial charge in [-0.2, -0.15) is 0 Å². The Bertz CT molecular complexity index is 476. The van der Waals surface area contributed by atoms with E-state index in [1.807, 2.05) is 36.1 Å². The van der Waals surface area contributed by atoms with Crippen molar-refractivity contribution in [1.29, 1.82) is 0 Å². The Balaban J connectivity index is 2.09. The summed E-state index contributed by atoms with van der Waals surface area (Å²) in [5.74, 6) is 1.07. The Kier molecular flexibility index (Phi) is 5.53. The second-order valence-corrected chi connectivity index (χ2v) is 6.97. The number of nitrogens with one attached hydrogen (secondary N) is 1. The van der Waals surface area contributed by atoms with E-state index in [0.717, 1.165) is 24.4 Å². The number of carbonyl (C=O) groups excluding carboxylic acids is 1. The smallest absolute Gasteiger partial charge is 0.236 e. The van der Waals surface area contributed by atoms with Gasteiger partial charge in [-0.3, -0.25) is 4.79 Å². The zero-order chi connectivity index (χ0) is 15.4. The van der Waals surface area contributed by atoms with E-state index in [0.29, 0.717) is 6.04 Å². The topological polar surface area (TPSA) is 41.6 Å². The van der Waals surface area contributed by atoms with Crippen LogP contribution in [-0.2, 0) is 4.79 Å². The first-order chi connectivity index (χ1) is 10.0. The molecule has 0 radical (unpaired) electrons. The van der Waals surface area contributed by atoms with Crippen molar-refractivity contribution in [2.24, 2.45) is 0 Å². The number of benzene rings is 1. The van der Waals surface area contributed by atoms with E-state index in [-0.39, 0.29) is 16.5 Å². The molecule has 0 spiro atoms. The summed E-state index contributed by atoms with van der Waals surface area (Å²) in [7, 11) is 1.66. The van der Waals surface area contributed by atoms with Crippen LogP contribution in [-0.4, -0.2) is 42.3 Å². The highest BCUT2D eigenvalue weighted by molar-refractivity contribution is 8.01. The molecule has 0 bridgehead atoms. The van der Waals surface area contributed by atoms with Gasteiger partial charge in [0.05, 0.1) is 12.4 Å². The number of methoxy groups -OCH3 is 1. The molecule has 1 aliphatic heterocycles. The molecular weight excluding hydrogens is 284 g/mol. The van der Waals surface area contributed by atoms with Crippen LogP contribution in [0.5, 0.6) is 5.75 Å². The first kappa shape index (κ1) is 16.2. The maximum absolute atomic E-state index is 12.3. The van der Waals surface area contributed by atoms with Crippen molar-refractivity contribution < 1.29 is 9.53 Å². The van der Waals surface area contributed by atoms with Crippen molar-refractivity contribution in [3.63, 3.8) is 0 Å². The minimum absolute atomic E-state index is 0.0242. The molecule has 0 unspecified atom stereocenters. The highest BCUT2D eigenvalue weighted by atomic mass is 32.2. The number of rotatable bonds is 6. The first-order valence-corrected chi connectivity index (χ1v) is 8.30. The van der Waals surface area contributed by atoms with Gasteiger partial charge in [0.2, 0.25) is 5.91 Å². The maximum atomic E-state index is 12.3. The second kappa shape index (κ2) is 7.18. The lowest BCUT2D eigenvalue weighted by Gasteiger charge is -2.25. The van der Waals surface area contributed by atoms with Crippen LogP contribution in [0.25, 0.3) is 0 Å². The molecule has 116 valence electrons. The molecule has 2 atom stereocenters. The van der Waals surface area contributed by atoms with Gasteiger partial charge in [0.1, 0.15) is 11.1 Å². The number of hydrogen-bond donors (Lipinski definition) is 1. The fraction of sp³-hybridized carbons (Fsp3) is 0.562. The zero-order valence-electron chi connectivity index (χ0n) is 13.1. The number of carbonyl (C=O) groups is 1. The summed E-state index contributed by atoms with van der Waals surface area (Å²) in [6, 6.07) is 8.43. The molecule has 0 saturated carbocycles. The van der Waals surface area contributed by atoms with Gasteiger partial charge in [-0.15, -0.1) is 11.8 Å². The third kappa shape index (κ3) is 3.92. The largest absolute Gasteiger partial charge is 0.497 e. The summed E-state index contributed by atoms with van der Waals surface area (Å²) in [6.07, 6.45) is 0. The van der Waals surface area contributed by atoms with E-state index in [1.165, 1.54) is 0 Å². The first-order valence-electron chi connectivity index (χ1n) is 7.36. The molecule has 4 nitrogen and oxygen atoms in total. The van der Waals surface area contributed by atoms with Gasteiger partial charge in [0.25, 0.3) is 0 Å². The molecule has 1 aromatic rings. The molecule has 1 aliphatic rings. The van der Waals surface area contributed by atoms with Crippen LogP contribution in [0.4, 0.5) is 0 Å². The molecule has 1 saturated heterocycles. The maximum Gasteiger partial charge on any atom is 0.236 e. The highest BCUT2D eigenvalue weighted by Crippen LogP contribution is 2.42. The van der Waals surface area contributed by atoms with Gasteiger partial charge in [-0.05, 0) is 24.6 Å². The summed E-state index contributed by atoms with van der Waals surface area (Å²) in [5.41, 5.74) is 1.16. The molecule has 1 aromatic carbocycles. The third-order valence-corrected chi connectivity index (χ3v) is 4.95. The summed E-state index contributed by atoms with van der Waals surface area (Å²) in [6.45, 7) is 7.78. The highest BCUT2D eigenvalue weighted by Gasteiger charge is 2.37. The average Bonchev–Trinajstić information content (AvgIpc) is 2.75. The quantitative estimate of drug-likeness (QED) is 0.877. The van der Waals surface area contributed by atoms with E-state index in [4.69, 9.17) is 4.74 Å². The van der Waals surface area contributed by atoms with Gasteiger partial charge in [-0.1, -0.05) is 26.0 Å². The van der Waals surface area contributed by atoms with Crippen molar-refractivity contribution in [1.82, 2.24) is 10.2 Å². The van der Waals surface area contributed by atoms with E-state index in [9.17, 15) is 4.79 Å². The number of thioether (sulfide) groups is 1. The Morgan fingerprint density at radius 1 is 1.33 bits per heavy atom. The lowest BCUT2D eigenvalue weighted by molar-refractivity contribution is -0.129. The van der Waals surface area contributed by atoms with Crippen molar-refractivity contribution in [3.05, 3.63) is 29.8 Å². The van der Waals surface area contributed by atoms with Crippen molar-refractivity contribution in [2.45, 2.75) is 37.4 Å². The molecular formula is C16H24N2O2S. The molecule has 21 heavy (non-hydrogen) atoms. The van der Waals surface area contributed by atoms with Crippen molar-refractivity contribution in [2.75, 3.05) is 20.2 Å². The number of nitrogens with zero attached hydrogens (tertiary/aromatic N) is 1. The summed E-state index contributed by atoms with van der Waals surface area (Å²) in [5, 5.41) is 3.50. The van der Waals surface area contributed by atoms with E-state index < -0.39 is 0 Å². The Labute approximate surface area is 131 Å². The van der Waals surface area contributed by atoms with Gasteiger partial charge >= 0.3 is 0 Å². The molecule has 1 N–H and O–H groups in total. The molecule has 5 heteroatoms. The van der Waals surface area contributed by atoms with Gasteiger partial charge in [0.15, 0.2) is 0 Å². The predicted octanol–water partition coefficient (Wildman–Crippen LogP) is 2.66. The summed E-state index contributed by atoms with van der Waals surface area (Å²) >= 11 is 1.71. The van der Waals surface area contributed by atoms with E-state index in [2.05, 4.69) is 19.2 Å². The monoisotopic (exact) mass is 308 g/mol.